The maximum absolute atomic E-state index is 11.8. The number of rotatable bonds is 6. The van der Waals surface area contributed by atoms with Gasteiger partial charge < -0.3 is 15.2 Å². The summed E-state index contributed by atoms with van der Waals surface area (Å²) >= 11 is 0. The van der Waals surface area contributed by atoms with E-state index in [1.165, 1.54) is 0 Å². The molecule has 0 aliphatic rings. The van der Waals surface area contributed by atoms with Crippen molar-refractivity contribution in [3.63, 3.8) is 0 Å². The Kier molecular flexibility index (Phi) is 5.83. The van der Waals surface area contributed by atoms with Crippen molar-refractivity contribution in [2.75, 3.05) is 6.54 Å². The molecule has 0 fully saturated rings. The lowest BCUT2D eigenvalue weighted by Crippen LogP contribution is -2.36. The van der Waals surface area contributed by atoms with Crippen LogP contribution >= 0.6 is 0 Å². The van der Waals surface area contributed by atoms with Gasteiger partial charge in [-0.15, -0.1) is 0 Å². The lowest BCUT2D eigenvalue weighted by atomic mass is 10.1. The van der Waals surface area contributed by atoms with E-state index in [-0.39, 0.29) is 5.91 Å². The maximum atomic E-state index is 11.8. The monoisotopic (exact) mass is 265 g/mol. The molecule has 0 saturated carbocycles. The van der Waals surface area contributed by atoms with Gasteiger partial charge in [0.25, 0.3) is 5.91 Å². The van der Waals surface area contributed by atoms with Gasteiger partial charge >= 0.3 is 0 Å². The van der Waals surface area contributed by atoms with Crippen molar-refractivity contribution in [3.05, 3.63) is 29.3 Å². The van der Waals surface area contributed by atoms with E-state index in [2.05, 4.69) is 5.32 Å². The summed E-state index contributed by atoms with van der Waals surface area (Å²) in [7, 11) is 0. The quantitative estimate of drug-likeness (QED) is 0.830. The van der Waals surface area contributed by atoms with E-state index in [1.807, 2.05) is 26.0 Å². The second kappa shape index (κ2) is 7.14. The summed E-state index contributed by atoms with van der Waals surface area (Å²) in [5, 5.41) is 12.5. The molecule has 0 aromatic heterocycles. The van der Waals surface area contributed by atoms with Crippen LogP contribution in [0.2, 0.25) is 0 Å². The number of hydrogen-bond acceptors (Lipinski definition) is 3. The smallest absolute Gasteiger partial charge is 0.260 e. The van der Waals surface area contributed by atoms with E-state index >= 15 is 0 Å². The van der Waals surface area contributed by atoms with Gasteiger partial charge in [-0.3, -0.25) is 4.79 Å². The average molecular weight is 265 g/mol. The van der Waals surface area contributed by atoms with Crippen LogP contribution in [0, 0.1) is 6.92 Å². The minimum atomic E-state index is -0.624. The van der Waals surface area contributed by atoms with Crippen LogP contribution in [0.3, 0.4) is 0 Å². The molecule has 0 spiro atoms. The van der Waals surface area contributed by atoms with Crippen molar-refractivity contribution in [1.82, 2.24) is 5.32 Å². The summed E-state index contributed by atoms with van der Waals surface area (Å²) < 4.78 is 5.65. The number of nitrogens with one attached hydrogen (secondary N) is 1. The van der Waals surface area contributed by atoms with E-state index < -0.39 is 12.2 Å². The Labute approximate surface area is 114 Å². The molecule has 2 atom stereocenters. The Hall–Kier alpha value is -1.55. The third kappa shape index (κ3) is 4.56. The number of carbonyl (C=O) groups is 1. The summed E-state index contributed by atoms with van der Waals surface area (Å²) in [6, 6.07) is 5.57. The van der Waals surface area contributed by atoms with Gasteiger partial charge in [-0.25, -0.2) is 0 Å². The highest BCUT2D eigenvalue weighted by atomic mass is 16.5. The number of aliphatic hydroxyl groups excluding tert-OH is 1. The molecule has 4 nitrogen and oxygen atoms in total. The second-order valence-corrected chi connectivity index (χ2v) is 4.77. The fourth-order valence-electron chi connectivity index (χ4n) is 1.74. The molecule has 0 radical (unpaired) electrons. The van der Waals surface area contributed by atoms with Crippen molar-refractivity contribution in [2.24, 2.45) is 0 Å². The van der Waals surface area contributed by atoms with E-state index in [0.29, 0.717) is 17.9 Å². The zero-order chi connectivity index (χ0) is 14.4. The molecule has 1 unspecified atom stereocenters. The molecule has 106 valence electrons. The van der Waals surface area contributed by atoms with Crippen LogP contribution in [-0.2, 0) is 4.79 Å². The van der Waals surface area contributed by atoms with Crippen LogP contribution in [0.1, 0.15) is 44.4 Å². The molecule has 0 bridgehead atoms. The van der Waals surface area contributed by atoms with Crippen molar-refractivity contribution < 1.29 is 14.6 Å². The van der Waals surface area contributed by atoms with Crippen molar-refractivity contribution in [1.29, 1.82) is 0 Å². The predicted octanol–water partition coefficient (Wildman–Crippen LogP) is 2.34. The topological polar surface area (TPSA) is 58.6 Å². The third-order valence-corrected chi connectivity index (χ3v) is 2.84. The summed E-state index contributed by atoms with van der Waals surface area (Å²) in [4.78, 5) is 11.8. The first-order chi connectivity index (χ1) is 8.95. The van der Waals surface area contributed by atoms with Gasteiger partial charge in [-0.2, -0.15) is 0 Å². The highest BCUT2D eigenvalue weighted by Crippen LogP contribution is 2.27. The third-order valence-electron chi connectivity index (χ3n) is 2.84. The van der Waals surface area contributed by atoms with E-state index in [1.54, 1.807) is 19.9 Å². The van der Waals surface area contributed by atoms with Crippen molar-refractivity contribution in [3.8, 4) is 5.75 Å². The molecule has 1 rings (SSSR count). The van der Waals surface area contributed by atoms with Gasteiger partial charge in [-0.1, -0.05) is 18.6 Å². The van der Waals surface area contributed by atoms with E-state index in [9.17, 15) is 9.90 Å². The number of aryl methyl sites for hydroxylation is 1. The van der Waals surface area contributed by atoms with Crippen molar-refractivity contribution in [2.45, 2.75) is 46.3 Å². The van der Waals surface area contributed by atoms with Crippen LogP contribution in [0.5, 0.6) is 5.75 Å². The Balaban J connectivity index is 2.78. The van der Waals surface area contributed by atoms with Gasteiger partial charge in [0, 0.05) is 12.1 Å². The zero-order valence-electron chi connectivity index (χ0n) is 12.1. The molecular formula is C15H23NO3. The lowest BCUT2D eigenvalue weighted by Gasteiger charge is -2.18. The summed E-state index contributed by atoms with van der Waals surface area (Å²) in [6.07, 6.45) is -0.311. The molecular weight excluding hydrogens is 242 g/mol. The Morgan fingerprint density at radius 2 is 2.11 bits per heavy atom. The number of aliphatic hydroxyl groups is 1. The number of hydrogen-bond donors (Lipinski definition) is 2. The van der Waals surface area contributed by atoms with Gasteiger partial charge in [-0.05, 0) is 39.3 Å². The minimum absolute atomic E-state index is 0.140. The molecule has 4 heteroatoms. The fourth-order valence-corrected chi connectivity index (χ4v) is 1.74. The molecule has 0 heterocycles. The van der Waals surface area contributed by atoms with Crippen LogP contribution < -0.4 is 10.1 Å². The van der Waals surface area contributed by atoms with Crippen LogP contribution in [0.25, 0.3) is 0 Å². The minimum Gasteiger partial charge on any atom is -0.481 e. The first kappa shape index (κ1) is 15.5. The predicted molar refractivity (Wildman–Crippen MR) is 75.2 cm³/mol. The van der Waals surface area contributed by atoms with E-state index in [4.69, 9.17) is 4.74 Å². The Bertz CT molecular complexity index is 429. The molecule has 0 aliphatic heterocycles. The molecule has 2 N–H and O–H groups in total. The first-order valence-electron chi connectivity index (χ1n) is 6.68. The molecule has 0 saturated heterocycles. The van der Waals surface area contributed by atoms with Gasteiger partial charge in [0.05, 0.1) is 6.10 Å². The Morgan fingerprint density at radius 1 is 1.42 bits per heavy atom. The summed E-state index contributed by atoms with van der Waals surface area (Å²) in [5.41, 5.74) is 1.75. The highest BCUT2D eigenvalue weighted by Gasteiger charge is 2.17. The first-order valence-corrected chi connectivity index (χ1v) is 6.68. The lowest BCUT2D eigenvalue weighted by molar-refractivity contribution is -0.127. The van der Waals surface area contributed by atoms with Crippen molar-refractivity contribution >= 4 is 5.91 Å². The average Bonchev–Trinajstić information content (AvgIpc) is 2.37. The number of benzene rings is 1. The van der Waals surface area contributed by atoms with E-state index in [0.717, 1.165) is 12.0 Å². The number of ether oxygens (including phenoxy) is 1. The Morgan fingerprint density at radius 3 is 2.68 bits per heavy atom. The zero-order valence-corrected chi connectivity index (χ0v) is 12.1. The number of amides is 1. The fraction of sp³-hybridized carbons (Fsp3) is 0.533. The standard InChI is InChI=1S/C15H23NO3/c1-5-8-16-15(18)12(4)19-14-7-6-10(2)9-13(14)11(3)17/h6-7,9,11-12,17H,5,8H2,1-4H3,(H,16,18)/t11-,12?/m0/s1. The highest BCUT2D eigenvalue weighted by molar-refractivity contribution is 5.80. The van der Waals surface area contributed by atoms with Gasteiger partial charge in [0.2, 0.25) is 0 Å². The van der Waals surface area contributed by atoms with Crippen LogP contribution in [0.4, 0.5) is 0 Å². The molecule has 1 aromatic rings. The number of carbonyl (C=O) groups excluding carboxylic acids is 1. The molecule has 1 aromatic carbocycles. The largest absolute Gasteiger partial charge is 0.481 e. The van der Waals surface area contributed by atoms with Gasteiger partial charge in [0.1, 0.15) is 5.75 Å². The van der Waals surface area contributed by atoms with Crippen LogP contribution in [0.15, 0.2) is 18.2 Å². The normalized spacial score (nSPS) is 13.7. The maximum Gasteiger partial charge on any atom is 0.260 e. The van der Waals surface area contributed by atoms with Crippen LogP contribution in [-0.4, -0.2) is 23.7 Å². The molecule has 19 heavy (non-hydrogen) atoms. The molecule has 0 aliphatic carbocycles. The second-order valence-electron chi connectivity index (χ2n) is 4.77. The SMILES string of the molecule is CCCNC(=O)C(C)Oc1ccc(C)cc1[C@H](C)O. The van der Waals surface area contributed by atoms with Gasteiger partial charge in [0.15, 0.2) is 6.10 Å². The summed E-state index contributed by atoms with van der Waals surface area (Å²) in [5.74, 6) is 0.415. The molecule has 1 amide bonds. The summed E-state index contributed by atoms with van der Waals surface area (Å²) in [6.45, 7) is 7.98.